The molecule has 0 saturated carbocycles. The molecule has 0 saturated heterocycles. The maximum Gasteiger partial charge on any atom is 0.339 e. The quantitative estimate of drug-likeness (QED) is 0.876. The minimum atomic E-state index is -0.482. The topological polar surface area (TPSA) is 68.3 Å². The van der Waals surface area contributed by atoms with Gasteiger partial charge in [0.15, 0.2) is 0 Å². The number of methoxy groups -OCH3 is 1. The minimum Gasteiger partial charge on any atom is -0.465 e. The number of hydrogen-bond donors (Lipinski definition) is 1. The van der Waals surface area contributed by atoms with Crippen LogP contribution in [-0.2, 0) is 11.2 Å². The number of aryl methyl sites for hydroxylation is 1. The zero-order chi connectivity index (χ0) is 15.2. The molecule has 21 heavy (non-hydrogen) atoms. The van der Waals surface area contributed by atoms with E-state index in [0.717, 1.165) is 6.42 Å². The highest BCUT2D eigenvalue weighted by Gasteiger charge is 2.10. The average molecular weight is 284 g/mol. The van der Waals surface area contributed by atoms with Crippen molar-refractivity contribution in [3.8, 4) is 0 Å². The largest absolute Gasteiger partial charge is 0.465 e. The first kappa shape index (κ1) is 14.7. The molecule has 0 aliphatic rings. The van der Waals surface area contributed by atoms with Crippen LogP contribution < -0.4 is 5.32 Å². The SMILES string of the molecule is CCc1ccc(NC(=O)c2ccc(C(=O)OC)cn2)cc1. The van der Waals surface area contributed by atoms with E-state index in [9.17, 15) is 9.59 Å². The van der Waals surface area contributed by atoms with Gasteiger partial charge in [-0.15, -0.1) is 0 Å². The van der Waals surface area contributed by atoms with Crippen LogP contribution in [0.5, 0.6) is 0 Å². The molecule has 2 aromatic rings. The molecule has 5 nitrogen and oxygen atoms in total. The zero-order valence-electron chi connectivity index (χ0n) is 11.9. The van der Waals surface area contributed by atoms with Gasteiger partial charge >= 0.3 is 5.97 Å². The number of aromatic nitrogens is 1. The summed E-state index contributed by atoms with van der Waals surface area (Å²) in [7, 11) is 1.29. The van der Waals surface area contributed by atoms with Crippen molar-refractivity contribution in [1.29, 1.82) is 0 Å². The summed E-state index contributed by atoms with van der Waals surface area (Å²) in [5.41, 5.74) is 2.45. The van der Waals surface area contributed by atoms with Crippen molar-refractivity contribution in [2.24, 2.45) is 0 Å². The van der Waals surface area contributed by atoms with Crippen molar-refractivity contribution in [2.75, 3.05) is 12.4 Å². The Balaban J connectivity index is 2.07. The standard InChI is InChI=1S/C16H16N2O3/c1-3-11-4-7-13(8-5-11)18-15(19)14-9-6-12(10-17-14)16(20)21-2/h4-10H,3H2,1-2H3,(H,18,19). The maximum absolute atomic E-state index is 12.0. The van der Waals surface area contributed by atoms with Crippen LogP contribution in [0, 0.1) is 0 Å². The smallest absolute Gasteiger partial charge is 0.339 e. The number of nitrogens with zero attached hydrogens (tertiary/aromatic N) is 1. The Labute approximate surface area is 123 Å². The molecule has 108 valence electrons. The van der Waals surface area contributed by atoms with Crippen LogP contribution in [-0.4, -0.2) is 24.0 Å². The van der Waals surface area contributed by atoms with Gasteiger partial charge in [-0.1, -0.05) is 19.1 Å². The summed E-state index contributed by atoms with van der Waals surface area (Å²) in [5.74, 6) is -0.805. The van der Waals surface area contributed by atoms with Gasteiger partial charge in [-0.25, -0.2) is 4.79 Å². The van der Waals surface area contributed by atoms with E-state index in [-0.39, 0.29) is 11.6 Å². The molecule has 0 unspecified atom stereocenters. The van der Waals surface area contributed by atoms with Gasteiger partial charge < -0.3 is 10.1 Å². The van der Waals surface area contributed by atoms with Crippen LogP contribution in [0.25, 0.3) is 0 Å². The van der Waals surface area contributed by atoms with Gasteiger partial charge in [-0.3, -0.25) is 9.78 Å². The molecule has 0 fully saturated rings. The molecule has 0 radical (unpaired) electrons. The second-order valence-electron chi connectivity index (χ2n) is 4.43. The van der Waals surface area contributed by atoms with E-state index in [1.807, 2.05) is 24.3 Å². The van der Waals surface area contributed by atoms with Crippen molar-refractivity contribution in [3.63, 3.8) is 0 Å². The number of carbonyl (C=O) groups excluding carboxylic acids is 2. The van der Waals surface area contributed by atoms with Crippen LogP contribution in [0.2, 0.25) is 0 Å². The Morgan fingerprint density at radius 1 is 1.14 bits per heavy atom. The molecule has 1 N–H and O–H groups in total. The number of nitrogens with one attached hydrogen (secondary N) is 1. The number of pyridine rings is 1. The molecule has 0 bridgehead atoms. The van der Waals surface area contributed by atoms with Crippen LogP contribution in [0.3, 0.4) is 0 Å². The monoisotopic (exact) mass is 284 g/mol. The van der Waals surface area contributed by atoms with Gasteiger partial charge in [0.05, 0.1) is 12.7 Å². The highest BCUT2D eigenvalue weighted by Crippen LogP contribution is 2.11. The van der Waals surface area contributed by atoms with E-state index in [4.69, 9.17) is 0 Å². The highest BCUT2D eigenvalue weighted by molar-refractivity contribution is 6.03. The Bertz CT molecular complexity index is 634. The number of anilines is 1. The lowest BCUT2D eigenvalue weighted by atomic mass is 10.1. The summed E-state index contributed by atoms with van der Waals surface area (Å²) < 4.78 is 4.57. The molecule has 0 atom stereocenters. The Kier molecular flexibility index (Phi) is 4.66. The van der Waals surface area contributed by atoms with E-state index >= 15 is 0 Å². The summed E-state index contributed by atoms with van der Waals surface area (Å²) in [6, 6.07) is 10.6. The molecular formula is C16H16N2O3. The third-order valence-electron chi connectivity index (χ3n) is 3.04. The molecule has 1 heterocycles. The fourth-order valence-electron chi connectivity index (χ4n) is 1.79. The van der Waals surface area contributed by atoms with E-state index in [0.29, 0.717) is 11.3 Å². The van der Waals surface area contributed by atoms with E-state index in [2.05, 4.69) is 22.0 Å². The van der Waals surface area contributed by atoms with E-state index in [1.165, 1.54) is 31.0 Å². The van der Waals surface area contributed by atoms with Gasteiger partial charge in [0.25, 0.3) is 5.91 Å². The summed E-state index contributed by atoms with van der Waals surface area (Å²) >= 11 is 0. The first-order chi connectivity index (χ1) is 10.1. The summed E-state index contributed by atoms with van der Waals surface area (Å²) in [6.07, 6.45) is 2.27. The third-order valence-corrected chi connectivity index (χ3v) is 3.04. The summed E-state index contributed by atoms with van der Waals surface area (Å²) in [4.78, 5) is 27.3. The first-order valence-electron chi connectivity index (χ1n) is 6.58. The lowest BCUT2D eigenvalue weighted by Gasteiger charge is -2.06. The van der Waals surface area contributed by atoms with Crippen molar-refractivity contribution in [2.45, 2.75) is 13.3 Å². The summed E-state index contributed by atoms with van der Waals surface area (Å²) in [6.45, 7) is 2.07. The second kappa shape index (κ2) is 6.65. The Morgan fingerprint density at radius 3 is 2.38 bits per heavy atom. The Morgan fingerprint density at radius 2 is 1.86 bits per heavy atom. The fraction of sp³-hybridized carbons (Fsp3) is 0.188. The molecule has 1 aromatic carbocycles. The number of ether oxygens (including phenoxy) is 1. The molecule has 1 aromatic heterocycles. The third kappa shape index (κ3) is 3.66. The lowest BCUT2D eigenvalue weighted by Crippen LogP contribution is -2.14. The van der Waals surface area contributed by atoms with E-state index in [1.54, 1.807) is 0 Å². The predicted octanol–water partition coefficient (Wildman–Crippen LogP) is 2.68. The van der Waals surface area contributed by atoms with Crippen molar-refractivity contribution in [1.82, 2.24) is 4.98 Å². The molecular weight excluding hydrogens is 268 g/mol. The average Bonchev–Trinajstić information content (AvgIpc) is 2.55. The summed E-state index contributed by atoms with van der Waals surface area (Å²) in [5, 5.41) is 2.75. The first-order valence-corrected chi connectivity index (χ1v) is 6.58. The second-order valence-corrected chi connectivity index (χ2v) is 4.43. The number of amides is 1. The zero-order valence-corrected chi connectivity index (χ0v) is 11.9. The van der Waals surface area contributed by atoms with Crippen molar-refractivity contribution < 1.29 is 14.3 Å². The van der Waals surface area contributed by atoms with Crippen LogP contribution in [0.15, 0.2) is 42.6 Å². The normalized spacial score (nSPS) is 10.0. The fourth-order valence-corrected chi connectivity index (χ4v) is 1.79. The van der Waals surface area contributed by atoms with Gasteiger partial charge in [-0.05, 0) is 36.2 Å². The molecule has 1 amide bonds. The number of hydrogen-bond acceptors (Lipinski definition) is 4. The van der Waals surface area contributed by atoms with Crippen LogP contribution in [0.1, 0.15) is 33.3 Å². The van der Waals surface area contributed by atoms with Gasteiger partial charge in [0.2, 0.25) is 0 Å². The number of rotatable bonds is 4. The van der Waals surface area contributed by atoms with Gasteiger partial charge in [0, 0.05) is 11.9 Å². The molecule has 2 rings (SSSR count). The van der Waals surface area contributed by atoms with Gasteiger partial charge in [0.1, 0.15) is 5.69 Å². The number of carbonyl (C=O) groups is 2. The number of benzene rings is 1. The van der Waals surface area contributed by atoms with Crippen LogP contribution in [0.4, 0.5) is 5.69 Å². The Hall–Kier alpha value is -2.69. The minimum absolute atomic E-state index is 0.238. The molecule has 0 aliphatic heterocycles. The molecule has 0 aliphatic carbocycles. The molecule has 0 spiro atoms. The van der Waals surface area contributed by atoms with E-state index < -0.39 is 5.97 Å². The van der Waals surface area contributed by atoms with Crippen molar-refractivity contribution >= 4 is 17.6 Å². The molecule has 5 heteroatoms. The van der Waals surface area contributed by atoms with Crippen LogP contribution >= 0.6 is 0 Å². The van der Waals surface area contributed by atoms with Gasteiger partial charge in [-0.2, -0.15) is 0 Å². The lowest BCUT2D eigenvalue weighted by molar-refractivity contribution is 0.0600. The maximum atomic E-state index is 12.0. The van der Waals surface area contributed by atoms with Crippen molar-refractivity contribution in [3.05, 3.63) is 59.4 Å². The number of esters is 1. The predicted molar refractivity (Wildman–Crippen MR) is 79.3 cm³/mol. The highest BCUT2D eigenvalue weighted by atomic mass is 16.5.